The van der Waals surface area contributed by atoms with Crippen LogP contribution in [-0.2, 0) is 22.2 Å². The van der Waals surface area contributed by atoms with E-state index >= 15 is 0 Å². The molecule has 4 rings (SSSR count). The molecule has 28 heavy (non-hydrogen) atoms. The van der Waals surface area contributed by atoms with Crippen molar-refractivity contribution in [1.29, 1.82) is 0 Å². The maximum Gasteiger partial charge on any atom is 0.236 e. The molecule has 0 radical (unpaired) electrons. The van der Waals surface area contributed by atoms with E-state index in [0.29, 0.717) is 23.8 Å². The second-order valence-electron chi connectivity index (χ2n) is 6.17. The number of sulfonamides is 1. The van der Waals surface area contributed by atoms with Crippen LogP contribution in [0.1, 0.15) is 17.0 Å². The van der Waals surface area contributed by atoms with Crippen LogP contribution in [0.15, 0.2) is 76.6 Å². The molecule has 0 saturated carbocycles. The Morgan fingerprint density at radius 1 is 0.964 bits per heavy atom. The van der Waals surface area contributed by atoms with Gasteiger partial charge in [-0.3, -0.25) is 4.72 Å². The standard InChI is InChI=1S/C20H17N3O3S2/c24-28(25,14-15-7-2-1-3-8-15)23-17-10-5-4-9-16(17)13-19-21-20(22-26-19)18-11-6-12-27-18/h1-12,23H,13-14H2. The van der Waals surface area contributed by atoms with Gasteiger partial charge in [-0.15, -0.1) is 11.3 Å². The maximum atomic E-state index is 12.6. The van der Waals surface area contributed by atoms with Crippen LogP contribution in [0.2, 0.25) is 0 Å². The van der Waals surface area contributed by atoms with Crippen molar-refractivity contribution in [3.63, 3.8) is 0 Å². The number of nitrogens with one attached hydrogen (secondary N) is 1. The molecule has 0 aliphatic heterocycles. The zero-order valence-electron chi connectivity index (χ0n) is 14.8. The molecule has 0 unspecified atom stereocenters. The smallest absolute Gasteiger partial charge is 0.236 e. The quantitative estimate of drug-likeness (QED) is 0.489. The van der Waals surface area contributed by atoms with Crippen molar-refractivity contribution in [2.24, 2.45) is 0 Å². The summed E-state index contributed by atoms with van der Waals surface area (Å²) >= 11 is 1.53. The first-order valence-corrected chi connectivity index (χ1v) is 11.1. The van der Waals surface area contributed by atoms with Gasteiger partial charge in [-0.2, -0.15) is 4.98 Å². The molecule has 0 aliphatic carbocycles. The summed E-state index contributed by atoms with van der Waals surface area (Å²) in [7, 11) is -3.55. The van der Waals surface area contributed by atoms with Crippen LogP contribution >= 0.6 is 11.3 Å². The van der Waals surface area contributed by atoms with E-state index in [1.165, 1.54) is 11.3 Å². The van der Waals surface area contributed by atoms with Crippen LogP contribution < -0.4 is 4.72 Å². The van der Waals surface area contributed by atoms with Crippen LogP contribution in [0, 0.1) is 0 Å². The van der Waals surface area contributed by atoms with Gasteiger partial charge in [0.1, 0.15) is 0 Å². The fourth-order valence-electron chi connectivity index (χ4n) is 2.77. The Morgan fingerprint density at radius 3 is 2.54 bits per heavy atom. The van der Waals surface area contributed by atoms with Crippen molar-refractivity contribution in [3.8, 4) is 10.7 Å². The third-order valence-corrected chi connectivity index (χ3v) is 6.14. The van der Waals surface area contributed by atoms with E-state index < -0.39 is 10.0 Å². The van der Waals surface area contributed by atoms with E-state index in [-0.39, 0.29) is 5.75 Å². The van der Waals surface area contributed by atoms with Crippen LogP contribution in [0.25, 0.3) is 10.7 Å². The minimum absolute atomic E-state index is 0.0920. The minimum Gasteiger partial charge on any atom is -0.339 e. The molecule has 142 valence electrons. The lowest BCUT2D eigenvalue weighted by Gasteiger charge is -2.11. The highest BCUT2D eigenvalue weighted by Gasteiger charge is 2.16. The van der Waals surface area contributed by atoms with Crippen molar-refractivity contribution in [2.75, 3.05) is 4.72 Å². The lowest BCUT2D eigenvalue weighted by atomic mass is 10.1. The molecule has 0 atom stereocenters. The fraction of sp³-hybridized carbons (Fsp3) is 0.100. The molecule has 0 spiro atoms. The molecule has 2 heterocycles. The van der Waals surface area contributed by atoms with Crippen molar-refractivity contribution in [2.45, 2.75) is 12.2 Å². The zero-order chi connectivity index (χ0) is 19.4. The first-order chi connectivity index (χ1) is 13.6. The number of anilines is 1. The van der Waals surface area contributed by atoms with Gasteiger partial charge in [-0.1, -0.05) is 59.8 Å². The van der Waals surface area contributed by atoms with Gasteiger partial charge >= 0.3 is 0 Å². The first kappa shape index (κ1) is 18.4. The number of benzene rings is 2. The number of rotatable bonds is 7. The van der Waals surface area contributed by atoms with E-state index in [2.05, 4.69) is 14.9 Å². The molecule has 0 saturated heterocycles. The Balaban J connectivity index is 1.52. The second-order valence-corrected chi connectivity index (χ2v) is 8.84. The summed E-state index contributed by atoms with van der Waals surface area (Å²) < 4.78 is 33.2. The minimum atomic E-state index is -3.55. The molecule has 0 amide bonds. The van der Waals surface area contributed by atoms with Gasteiger partial charge < -0.3 is 4.52 Å². The number of hydrogen-bond acceptors (Lipinski definition) is 6. The number of hydrogen-bond donors (Lipinski definition) is 1. The average Bonchev–Trinajstić information content (AvgIpc) is 3.35. The molecular formula is C20H17N3O3S2. The first-order valence-electron chi connectivity index (χ1n) is 8.58. The molecule has 0 bridgehead atoms. The van der Waals surface area contributed by atoms with Gasteiger partial charge in [0.25, 0.3) is 0 Å². The van der Waals surface area contributed by atoms with Crippen molar-refractivity contribution >= 4 is 27.0 Å². The normalized spacial score (nSPS) is 11.4. The van der Waals surface area contributed by atoms with Crippen LogP contribution in [0.4, 0.5) is 5.69 Å². The highest BCUT2D eigenvalue weighted by molar-refractivity contribution is 7.91. The molecule has 0 aliphatic rings. The Labute approximate surface area is 166 Å². The summed E-state index contributed by atoms with van der Waals surface area (Å²) in [6.45, 7) is 0. The molecule has 6 nitrogen and oxygen atoms in total. The lowest BCUT2D eigenvalue weighted by molar-refractivity contribution is 0.386. The monoisotopic (exact) mass is 411 g/mol. The largest absolute Gasteiger partial charge is 0.339 e. The lowest BCUT2D eigenvalue weighted by Crippen LogP contribution is -2.16. The third kappa shape index (κ3) is 4.47. The summed E-state index contributed by atoms with van der Waals surface area (Å²) in [5.41, 5.74) is 2.00. The van der Waals surface area contributed by atoms with Crippen LogP contribution in [0.3, 0.4) is 0 Å². The van der Waals surface area contributed by atoms with E-state index in [1.807, 2.05) is 47.8 Å². The Bertz CT molecular complexity index is 1150. The fourth-order valence-corrected chi connectivity index (χ4v) is 4.65. The Hall–Kier alpha value is -2.97. The van der Waals surface area contributed by atoms with Crippen LogP contribution in [0.5, 0.6) is 0 Å². The predicted molar refractivity (Wildman–Crippen MR) is 110 cm³/mol. The van der Waals surface area contributed by atoms with Gasteiger partial charge in [0.2, 0.25) is 21.7 Å². The molecule has 0 fully saturated rings. The molecule has 2 aromatic carbocycles. The summed E-state index contributed by atoms with van der Waals surface area (Å²) in [6.07, 6.45) is 0.336. The van der Waals surface area contributed by atoms with E-state index in [4.69, 9.17) is 4.52 Å². The number of nitrogens with zero attached hydrogens (tertiary/aromatic N) is 2. The molecular weight excluding hydrogens is 394 g/mol. The molecule has 8 heteroatoms. The SMILES string of the molecule is O=S(=O)(Cc1ccccc1)Nc1ccccc1Cc1nc(-c2cccs2)no1. The predicted octanol–water partition coefficient (Wildman–Crippen LogP) is 4.33. The number of aromatic nitrogens is 2. The van der Waals surface area contributed by atoms with Gasteiger partial charge in [0.05, 0.1) is 22.7 Å². The Morgan fingerprint density at radius 2 is 1.75 bits per heavy atom. The third-order valence-electron chi connectivity index (χ3n) is 4.03. The topological polar surface area (TPSA) is 85.1 Å². The highest BCUT2D eigenvalue weighted by Crippen LogP contribution is 2.24. The summed E-state index contributed by atoms with van der Waals surface area (Å²) in [6, 6.07) is 20.1. The van der Waals surface area contributed by atoms with Crippen molar-refractivity contribution in [1.82, 2.24) is 10.1 Å². The van der Waals surface area contributed by atoms with Gasteiger partial charge in [0, 0.05) is 0 Å². The second kappa shape index (κ2) is 7.95. The van der Waals surface area contributed by atoms with Crippen LogP contribution in [-0.4, -0.2) is 18.6 Å². The van der Waals surface area contributed by atoms with Crippen molar-refractivity contribution in [3.05, 3.63) is 89.1 Å². The maximum absolute atomic E-state index is 12.6. The number of thiophene rings is 1. The van der Waals surface area contributed by atoms with Gasteiger partial charge in [-0.25, -0.2) is 8.42 Å². The van der Waals surface area contributed by atoms with Crippen molar-refractivity contribution < 1.29 is 12.9 Å². The average molecular weight is 412 g/mol. The van der Waals surface area contributed by atoms with E-state index in [1.54, 1.807) is 24.3 Å². The number of para-hydroxylation sites is 1. The summed E-state index contributed by atoms with van der Waals surface area (Å²) in [5.74, 6) is 0.871. The van der Waals surface area contributed by atoms with E-state index in [0.717, 1.165) is 16.0 Å². The van der Waals surface area contributed by atoms with E-state index in [9.17, 15) is 8.42 Å². The van der Waals surface area contributed by atoms with Gasteiger partial charge in [0.15, 0.2) is 0 Å². The zero-order valence-corrected chi connectivity index (χ0v) is 16.4. The summed E-state index contributed by atoms with van der Waals surface area (Å²) in [5, 5.41) is 5.95. The molecule has 2 aromatic heterocycles. The van der Waals surface area contributed by atoms with Gasteiger partial charge in [-0.05, 0) is 28.6 Å². The highest BCUT2D eigenvalue weighted by atomic mass is 32.2. The Kier molecular flexibility index (Phi) is 5.23. The molecule has 4 aromatic rings. The molecule has 1 N–H and O–H groups in total. The summed E-state index contributed by atoms with van der Waals surface area (Å²) in [4.78, 5) is 5.33.